The zero-order chi connectivity index (χ0) is 13.2. The van der Waals surface area contributed by atoms with Crippen LogP contribution in [0.4, 0.5) is 0 Å². The third-order valence-electron chi connectivity index (χ3n) is 4.01. The molecule has 0 saturated heterocycles. The van der Waals surface area contributed by atoms with Gasteiger partial charge < -0.3 is 10.4 Å². The summed E-state index contributed by atoms with van der Waals surface area (Å²) in [6.07, 6.45) is 11.9. The molecule has 1 rings (SSSR count). The van der Waals surface area contributed by atoms with E-state index in [2.05, 4.69) is 12.2 Å². The van der Waals surface area contributed by atoms with Gasteiger partial charge in [-0.15, -0.1) is 0 Å². The number of carboxylic acid groups (broad SMARTS) is 1. The number of hydrogen-bond donors (Lipinski definition) is 2. The summed E-state index contributed by atoms with van der Waals surface area (Å²) < 4.78 is 0. The molecular formula is C15H29NO2. The Morgan fingerprint density at radius 1 is 1.22 bits per heavy atom. The summed E-state index contributed by atoms with van der Waals surface area (Å²) in [4.78, 5) is 11.2. The molecule has 0 radical (unpaired) electrons. The van der Waals surface area contributed by atoms with Crippen LogP contribution in [0, 0.1) is 5.92 Å². The standard InChI is InChI=1S/C15H29NO2/c1-2-3-4-6-9-13(15(17)18)12-16-14-10-7-5-8-11-14/h13-14,16H,2-12H2,1H3,(H,17,18). The maximum Gasteiger partial charge on any atom is 0.307 e. The molecule has 3 heteroatoms. The molecule has 18 heavy (non-hydrogen) atoms. The van der Waals surface area contributed by atoms with Crippen molar-refractivity contribution in [1.82, 2.24) is 5.32 Å². The zero-order valence-electron chi connectivity index (χ0n) is 11.8. The molecule has 0 amide bonds. The Hall–Kier alpha value is -0.570. The number of aliphatic carboxylic acids is 1. The Morgan fingerprint density at radius 2 is 1.94 bits per heavy atom. The normalized spacial score (nSPS) is 18.7. The molecule has 0 aromatic rings. The van der Waals surface area contributed by atoms with Gasteiger partial charge in [-0.1, -0.05) is 51.9 Å². The Kier molecular flexibility index (Phi) is 8.06. The highest BCUT2D eigenvalue weighted by Crippen LogP contribution is 2.18. The first-order valence-electron chi connectivity index (χ1n) is 7.70. The molecule has 0 bridgehead atoms. The Morgan fingerprint density at radius 3 is 2.56 bits per heavy atom. The highest BCUT2D eigenvalue weighted by atomic mass is 16.4. The molecule has 106 valence electrons. The van der Waals surface area contributed by atoms with Crippen molar-refractivity contribution < 1.29 is 9.90 Å². The van der Waals surface area contributed by atoms with Gasteiger partial charge in [-0.3, -0.25) is 4.79 Å². The second-order valence-corrected chi connectivity index (χ2v) is 5.63. The van der Waals surface area contributed by atoms with E-state index in [0.29, 0.717) is 12.6 Å². The summed E-state index contributed by atoms with van der Waals surface area (Å²) in [6.45, 7) is 2.84. The Labute approximate surface area is 111 Å². The highest BCUT2D eigenvalue weighted by molar-refractivity contribution is 5.70. The fourth-order valence-corrected chi connectivity index (χ4v) is 2.75. The minimum Gasteiger partial charge on any atom is -0.481 e. The van der Waals surface area contributed by atoms with E-state index in [0.717, 1.165) is 12.8 Å². The molecule has 0 aliphatic heterocycles. The molecular weight excluding hydrogens is 226 g/mol. The van der Waals surface area contributed by atoms with Gasteiger partial charge in [-0.05, 0) is 19.3 Å². The van der Waals surface area contributed by atoms with Crippen LogP contribution in [0.2, 0.25) is 0 Å². The van der Waals surface area contributed by atoms with Crippen molar-refractivity contribution in [2.75, 3.05) is 6.54 Å². The summed E-state index contributed by atoms with van der Waals surface area (Å²) >= 11 is 0. The topological polar surface area (TPSA) is 49.3 Å². The van der Waals surface area contributed by atoms with Crippen LogP contribution in [0.1, 0.15) is 71.1 Å². The average molecular weight is 255 g/mol. The molecule has 3 nitrogen and oxygen atoms in total. The molecule has 1 unspecified atom stereocenters. The monoisotopic (exact) mass is 255 g/mol. The first-order chi connectivity index (χ1) is 8.74. The quantitative estimate of drug-likeness (QED) is 0.619. The predicted molar refractivity (Wildman–Crippen MR) is 74.8 cm³/mol. The van der Waals surface area contributed by atoms with Crippen LogP contribution in [-0.2, 0) is 4.79 Å². The summed E-state index contributed by atoms with van der Waals surface area (Å²) in [5, 5.41) is 12.7. The second-order valence-electron chi connectivity index (χ2n) is 5.63. The number of carbonyl (C=O) groups is 1. The van der Waals surface area contributed by atoms with Crippen LogP contribution in [0.5, 0.6) is 0 Å². The molecule has 0 aromatic carbocycles. The maximum absolute atomic E-state index is 11.2. The molecule has 0 spiro atoms. The van der Waals surface area contributed by atoms with Crippen LogP contribution in [-0.4, -0.2) is 23.7 Å². The van der Waals surface area contributed by atoms with Crippen molar-refractivity contribution in [2.24, 2.45) is 5.92 Å². The Bertz CT molecular complexity index is 225. The van der Waals surface area contributed by atoms with E-state index in [9.17, 15) is 9.90 Å². The van der Waals surface area contributed by atoms with Gasteiger partial charge in [-0.25, -0.2) is 0 Å². The SMILES string of the molecule is CCCCCCC(CNC1CCCCC1)C(=O)O. The average Bonchev–Trinajstić information content (AvgIpc) is 2.38. The van der Waals surface area contributed by atoms with E-state index < -0.39 is 5.97 Å². The minimum atomic E-state index is -0.630. The van der Waals surface area contributed by atoms with Crippen LogP contribution in [0.25, 0.3) is 0 Å². The van der Waals surface area contributed by atoms with E-state index >= 15 is 0 Å². The van der Waals surface area contributed by atoms with Gasteiger partial charge in [-0.2, -0.15) is 0 Å². The van der Waals surface area contributed by atoms with E-state index in [4.69, 9.17) is 0 Å². The lowest BCUT2D eigenvalue weighted by Gasteiger charge is -2.24. The maximum atomic E-state index is 11.2. The van der Waals surface area contributed by atoms with Gasteiger partial charge >= 0.3 is 5.97 Å². The molecule has 1 aliphatic carbocycles. The largest absolute Gasteiger partial charge is 0.481 e. The second kappa shape index (κ2) is 9.37. The summed E-state index contributed by atoms with van der Waals surface area (Å²) in [6, 6.07) is 0.566. The third kappa shape index (κ3) is 6.39. The van der Waals surface area contributed by atoms with Crippen molar-refractivity contribution >= 4 is 5.97 Å². The van der Waals surface area contributed by atoms with Crippen molar-refractivity contribution in [3.8, 4) is 0 Å². The number of hydrogen-bond acceptors (Lipinski definition) is 2. The lowest BCUT2D eigenvalue weighted by Crippen LogP contribution is -2.37. The van der Waals surface area contributed by atoms with E-state index in [-0.39, 0.29) is 5.92 Å². The zero-order valence-corrected chi connectivity index (χ0v) is 11.8. The fraction of sp³-hybridized carbons (Fsp3) is 0.933. The smallest absolute Gasteiger partial charge is 0.307 e. The molecule has 1 fully saturated rings. The van der Waals surface area contributed by atoms with Gasteiger partial charge in [0.15, 0.2) is 0 Å². The number of unbranched alkanes of at least 4 members (excludes halogenated alkanes) is 3. The van der Waals surface area contributed by atoms with E-state index in [1.165, 1.54) is 51.4 Å². The number of carboxylic acids is 1. The van der Waals surface area contributed by atoms with Gasteiger partial charge in [0.25, 0.3) is 0 Å². The summed E-state index contributed by atoms with van der Waals surface area (Å²) in [5.41, 5.74) is 0. The van der Waals surface area contributed by atoms with E-state index in [1.54, 1.807) is 0 Å². The van der Waals surface area contributed by atoms with Crippen molar-refractivity contribution in [3.63, 3.8) is 0 Å². The molecule has 1 aliphatic rings. The fourth-order valence-electron chi connectivity index (χ4n) is 2.75. The predicted octanol–water partition coefficient (Wildman–Crippen LogP) is 3.58. The molecule has 1 saturated carbocycles. The van der Waals surface area contributed by atoms with Crippen molar-refractivity contribution in [2.45, 2.75) is 77.2 Å². The number of nitrogens with one attached hydrogen (secondary N) is 1. The number of rotatable bonds is 9. The Balaban J connectivity index is 2.17. The minimum absolute atomic E-state index is 0.191. The van der Waals surface area contributed by atoms with Gasteiger partial charge in [0.2, 0.25) is 0 Å². The summed E-state index contributed by atoms with van der Waals surface area (Å²) in [5.74, 6) is -0.821. The van der Waals surface area contributed by atoms with E-state index in [1.807, 2.05) is 0 Å². The molecule has 0 heterocycles. The van der Waals surface area contributed by atoms with Crippen LogP contribution >= 0.6 is 0 Å². The molecule has 0 aromatic heterocycles. The van der Waals surface area contributed by atoms with Crippen LogP contribution in [0.3, 0.4) is 0 Å². The summed E-state index contributed by atoms with van der Waals surface area (Å²) in [7, 11) is 0. The van der Waals surface area contributed by atoms with Crippen molar-refractivity contribution in [1.29, 1.82) is 0 Å². The lowest BCUT2D eigenvalue weighted by atomic mass is 9.94. The highest BCUT2D eigenvalue weighted by Gasteiger charge is 2.19. The van der Waals surface area contributed by atoms with Gasteiger partial charge in [0.05, 0.1) is 5.92 Å². The molecule has 2 N–H and O–H groups in total. The third-order valence-corrected chi connectivity index (χ3v) is 4.01. The first-order valence-corrected chi connectivity index (χ1v) is 7.70. The van der Waals surface area contributed by atoms with Gasteiger partial charge in [0.1, 0.15) is 0 Å². The van der Waals surface area contributed by atoms with Crippen LogP contribution in [0.15, 0.2) is 0 Å². The van der Waals surface area contributed by atoms with Gasteiger partial charge in [0, 0.05) is 12.6 Å². The molecule has 1 atom stereocenters. The lowest BCUT2D eigenvalue weighted by molar-refractivity contribution is -0.141. The van der Waals surface area contributed by atoms with Crippen LogP contribution < -0.4 is 5.32 Å². The first kappa shape index (κ1) is 15.5. The van der Waals surface area contributed by atoms with Crippen molar-refractivity contribution in [3.05, 3.63) is 0 Å².